The number of amides is 11. The second-order valence-corrected chi connectivity index (χ2v) is 22.3. The van der Waals surface area contributed by atoms with Gasteiger partial charge in [0.25, 0.3) is 0 Å². The van der Waals surface area contributed by atoms with Crippen LogP contribution in [-0.2, 0) is 52.7 Å². The Labute approximate surface area is 482 Å². The highest BCUT2D eigenvalue weighted by atomic mass is 16.3. The third-order valence-corrected chi connectivity index (χ3v) is 13.9. The van der Waals surface area contributed by atoms with Crippen molar-refractivity contribution in [3.8, 4) is 0 Å². The minimum atomic E-state index is -1.64. The molecular weight excluding hydrogens is 1070 g/mol. The molecule has 0 saturated carbocycles. The molecule has 1 rings (SSSR count). The number of rotatable bonds is 29. The number of hydrogen-bond donors (Lipinski definition) is 18. The van der Waals surface area contributed by atoms with Gasteiger partial charge < -0.3 is 97.4 Å². The van der Waals surface area contributed by atoms with Gasteiger partial charge in [0.2, 0.25) is 65.0 Å². The van der Waals surface area contributed by atoms with Crippen LogP contribution in [0.25, 0.3) is 0 Å². The van der Waals surface area contributed by atoms with E-state index in [2.05, 4.69) is 101 Å². The number of aliphatic hydroxyl groups is 2. The normalized spacial score (nSPS) is 23.4. The Morgan fingerprint density at radius 2 is 0.963 bits per heavy atom. The van der Waals surface area contributed by atoms with Crippen LogP contribution in [0.5, 0.6) is 0 Å². The predicted octanol–water partition coefficient (Wildman–Crippen LogP) is -9.03. The standard InChI is InChI=1S/C53H100N16O13/c1-9-30(6)12-10-11-13-41(72)60-33(14-20-54)48(77)69-43(32(8)71)53(82)65-36(17-23-57)45(74)64-38-19-25-59-52(81)42(31(7)70)68-49(78)37(18-24-58)62-44(73)34(15-21-55)63-50(79)39(26-28(2)3)67-51(80)40(27-29(4)5)66-46(75)35(16-22-56)61-47(38)76/h28-40,42-43,70-71H,9-27,54-58H2,1-8H3,(H,59,81)(H,60,72)(H,61,76)(H,62,73)(H,63,79)(H,64,74)(H,65,82)(H,66,75)(H,67,80)(H,68,78)(H,69,77)/p+5/t30-,31-,32-,33+,34+,35+,36+,37+,38+,39+,40-,42+,43+/m1/s1. The fraction of sp³-hybridized carbons (Fsp3) is 0.792. The van der Waals surface area contributed by atoms with Gasteiger partial charge in [0.05, 0.1) is 44.9 Å². The molecule has 28 N–H and O–H groups in total. The molecule has 0 unspecified atom stereocenters. The molecule has 11 amide bonds. The van der Waals surface area contributed by atoms with Crippen LogP contribution in [0.1, 0.15) is 139 Å². The lowest BCUT2D eigenvalue weighted by Crippen LogP contribution is -2.63. The van der Waals surface area contributed by atoms with E-state index >= 15 is 0 Å². The van der Waals surface area contributed by atoms with Crippen molar-refractivity contribution in [3.05, 3.63) is 0 Å². The fourth-order valence-corrected chi connectivity index (χ4v) is 8.95. The molecule has 0 radical (unpaired) electrons. The van der Waals surface area contributed by atoms with Gasteiger partial charge in [-0.3, -0.25) is 52.7 Å². The molecule has 0 bridgehead atoms. The number of nitrogens with one attached hydrogen (secondary N) is 11. The third-order valence-electron chi connectivity index (χ3n) is 13.9. The SMILES string of the molecule is CC[C@@H](C)CCCCC(=O)N[C@@H](CC[NH3+])C(=O)N[C@H](C(=O)N[C@@H](CC[NH3+])C(=O)N[C@H]1CCNC(=O)[C@H]([C@@H](C)O)NC(=O)[C@H](CC[NH3+])NC(=O)[C@H](CC[NH3+])NC(=O)[C@H](CC(C)C)NC(=O)[C@@H](CC(C)C)NC(=O)[C@H](CC[NH3+])NC1=O)[C@@H](C)O. The minimum absolute atomic E-state index is 0.0262. The first kappa shape index (κ1) is 73.9. The van der Waals surface area contributed by atoms with Gasteiger partial charge in [0.15, 0.2) is 0 Å². The zero-order valence-electron chi connectivity index (χ0n) is 50.0. The average molecular weight is 1170 g/mol. The van der Waals surface area contributed by atoms with E-state index in [9.17, 15) is 63.0 Å². The summed E-state index contributed by atoms with van der Waals surface area (Å²) in [6.07, 6.45) is 0.221. The Bertz CT molecular complexity index is 2070. The molecule has 1 aliphatic heterocycles. The molecule has 470 valence electrons. The summed E-state index contributed by atoms with van der Waals surface area (Å²) in [7, 11) is 0. The van der Waals surface area contributed by atoms with Crippen LogP contribution in [0, 0.1) is 17.8 Å². The van der Waals surface area contributed by atoms with Gasteiger partial charge in [-0.15, -0.1) is 0 Å². The van der Waals surface area contributed by atoms with Gasteiger partial charge in [-0.25, -0.2) is 0 Å². The van der Waals surface area contributed by atoms with E-state index in [0.717, 1.165) is 19.3 Å². The monoisotopic (exact) mass is 1170 g/mol. The van der Waals surface area contributed by atoms with Gasteiger partial charge in [-0.05, 0) is 57.3 Å². The lowest BCUT2D eigenvalue weighted by atomic mass is 9.99. The quantitative estimate of drug-likeness (QED) is 0.0310. The largest absolute Gasteiger partial charge is 0.391 e. The first-order valence-corrected chi connectivity index (χ1v) is 29.3. The molecule has 13 atom stereocenters. The lowest BCUT2D eigenvalue weighted by molar-refractivity contribution is -0.369. The lowest BCUT2D eigenvalue weighted by Gasteiger charge is -2.29. The van der Waals surface area contributed by atoms with E-state index in [-0.39, 0.29) is 102 Å². The van der Waals surface area contributed by atoms with Crippen molar-refractivity contribution in [2.75, 3.05) is 39.3 Å². The highest BCUT2D eigenvalue weighted by Gasteiger charge is 2.38. The summed E-state index contributed by atoms with van der Waals surface area (Å²) < 4.78 is 0. The van der Waals surface area contributed by atoms with Gasteiger partial charge >= 0.3 is 0 Å². The molecular formula is C53H105N16O13+5. The van der Waals surface area contributed by atoms with Crippen LogP contribution in [0.2, 0.25) is 0 Å². The molecule has 1 fully saturated rings. The Morgan fingerprint density at radius 1 is 0.524 bits per heavy atom. The van der Waals surface area contributed by atoms with Gasteiger partial charge in [-0.1, -0.05) is 60.8 Å². The van der Waals surface area contributed by atoms with Gasteiger partial charge in [0, 0.05) is 45.1 Å². The minimum Gasteiger partial charge on any atom is -0.391 e. The van der Waals surface area contributed by atoms with E-state index in [4.69, 9.17) is 0 Å². The van der Waals surface area contributed by atoms with Crippen molar-refractivity contribution < 1.29 is 91.6 Å². The summed E-state index contributed by atoms with van der Waals surface area (Å²) in [5, 5.41) is 50.2. The van der Waals surface area contributed by atoms with Crippen LogP contribution in [0.4, 0.5) is 0 Å². The summed E-state index contributed by atoms with van der Waals surface area (Å²) in [6.45, 7) is 14.2. The van der Waals surface area contributed by atoms with Crippen molar-refractivity contribution in [2.45, 2.75) is 211 Å². The molecule has 0 aromatic heterocycles. The zero-order valence-corrected chi connectivity index (χ0v) is 50.0. The number of hydrogen-bond acceptors (Lipinski definition) is 13. The number of aliphatic hydroxyl groups excluding tert-OH is 2. The smallest absolute Gasteiger partial charge is 0.245 e. The molecule has 1 aliphatic rings. The number of unbranched alkanes of at least 4 members (excludes halogenated alkanes) is 1. The molecule has 0 aliphatic carbocycles. The van der Waals surface area contributed by atoms with Crippen molar-refractivity contribution in [1.82, 2.24) is 58.5 Å². The van der Waals surface area contributed by atoms with Crippen molar-refractivity contribution >= 4 is 65.0 Å². The molecule has 29 heteroatoms. The highest BCUT2D eigenvalue weighted by Crippen LogP contribution is 2.14. The van der Waals surface area contributed by atoms with Crippen LogP contribution in [0.3, 0.4) is 0 Å². The maximum absolute atomic E-state index is 14.5. The average Bonchev–Trinajstić information content (AvgIpc) is 3.41. The first-order chi connectivity index (χ1) is 38.7. The molecule has 29 nitrogen and oxygen atoms in total. The second kappa shape index (κ2) is 39.4. The Hall–Kier alpha value is -6.11. The van der Waals surface area contributed by atoms with Crippen LogP contribution < -0.4 is 87.2 Å². The highest BCUT2D eigenvalue weighted by molar-refractivity contribution is 5.99. The number of carbonyl (C=O) groups excluding carboxylic acids is 11. The van der Waals surface area contributed by atoms with E-state index in [0.29, 0.717) is 12.3 Å². The molecule has 1 saturated heterocycles. The van der Waals surface area contributed by atoms with Crippen LogP contribution in [0.15, 0.2) is 0 Å². The van der Waals surface area contributed by atoms with Crippen molar-refractivity contribution in [1.29, 1.82) is 0 Å². The van der Waals surface area contributed by atoms with E-state index in [1.807, 2.05) is 27.7 Å². The fourth-order valence-electron chi connectivity index (χ4n) is 8.95. The Balaban J connectivity index is 3.81. The summed E-state index contributed by atoms with van der Waals surface area (Å²) >= 11 is 0. The van der Waals surface area contributed by atoms with E-state index in [1.54, 1.807) is 0 Å². The van der Waals surface area contributed by atoms with Crippen LogP contribution in [-0.4, -0.2) is 187 Å². The number of quaternary nitrogens is 5. The van der Waals surface area contributed by atoms with Crippen molar-refractivity contribution in [2.24, 2.45) is 17.8 Å². The van der Waals surface area contributed by atoms with E-state index in [1.165, 1.54) is 13.8 Å². The molecule has 0 aromatic carbocycles. The van der Waals surface area contributed by atoms with Crippen LogP contribution >= 0.6 is 0 Å². The molecule has 0 aromatic rings. The maximum Gasteiger partial charge on any atom is 0.245 e. The number of carbonyl (C=O) groups is 11. The molecule has 82 heavy (non-hydrogen) atoms. The van der Waals surface area contributed by atoms with Crippen molar-refractivity contribution in [3.63, 3.8) is 0 Å². The summed E-state index contributed by atoms with van der Waals surface area (Å²) in [4.78, 5) is 153. The summed E-state index contributed by atoms with van der Waals surface area (Å²) in [5.74, 6) is -8.77. The topological polar surface area (TPSA) is 499 Å². The Morgan fingerprint density at radius 3 is 1.39 bits per heavy atom. The maximum atomic E-state index is 14.5. The Kier molecular flexibility index (Phi) is 35.5. The summed E-state index contributed by atoms with van der Waals surface area (Å²) in [6, 6.07) is -13.8. The van der Waals surface area contributed by atoms with Gasteiger partial charge in [-0.2, -0.15) is 0 Å². The third kappa shape index (κ3) is 27.3. The predicted molar refractivity (Wildman–Crippen MR) is 299 cm³/mol. The second-order valence-electron chi connectivity index (χ2n) is 22.3. The summed E-state index contributed by atoms with van der Waals surface area (Å²) in [5.41, 5.74) is 19.1. The first-order valence-electron chi connectivity index (χ1n) is 29.3. The molecule has 0 spiro atoms. The van der Waals surface area contributed by atoms with E-state index < -0.39 is 145 Å². The zero-order chi connectivity index (χ0) is 62.2. The van der Waals surface area contributed by atoms with Gasteiger partial charge in [0.1, 0.15) is 60.4 Å². The molecule has 1 heterocycles.